The lowest BCUT2D eigenvalue weighted by atomic mass is 10.1. The Labute approximate surface area is 106 Å². The molecule has 0 saturated carbocycles. The van der Waals surface area contributed by atoms with Gasteiger partial charge in [0.1, 0.15) is 5.82 Å². The topological polar surface area (TPSA) is 55.6 Å². The highest BCUT2D eigenvalue weighted by molar-refractivity contribution is 5.94. The average Bonchev–Trinajstić information content (AvgIpc) is 2.41. The standard InChI is InChI=1S/C13H17FN2O2/c1-9-2-3-10(6-12(9)14)13(17)16-4-5-18-8-11(16)7-15/h2-3,6,11H,4-5,7-8,15H2,1H3. The highest BCUT2D eigenvalue weighted by Gasteiger charge is 2.27. The normalized spacial score (nSPS) is 19.9. The van der Waals surface area contributed by atoms with Crippen LogP contribution < -0.4 is 5.73 Å². The number of nitrogens with two attached hydrogens (primary N) is 1. The molecule has 98 valence electrons. The van der Waals surface area contributed by atoms with Crippen LogP contribution in [0.1, 0.15) is 15.9 Å². The fourth-order valence-electron chi connectivity index (χ4n) is 2.01. The molecule has 1 aromatic carbocycles. The molecule has 0 aliphatic carbocycles. The van der Waals surface area contributed by atoms with E-state index in [0.29, 0.717) is 37.4 Å². The van der Waals surface area contributed by atoms with Gasteiger partial charge in [-0.25, -0.2) is 4.39 Å². The molecule has 1 amide bonds. The number of aryl methyl sites for hydroxylation is 1. The molecule has 5 heteroatoms. The van der Waals surface area contributed by atoms with Crippen LogP contribution in [0.15, 0.2) is 18.2 Å². The van der Waals surface area contributed by atoms with Crippen LogP contribution in [0, 0.1) is 12.7 Å². The van der Waals surface area contributed by atoms with Crippen molar-refractivity contribution in [2.45, 2.75) is 13.0 Å². The second-order valence-electron chi connectivity index (χ2n) is 4.43. The quantitative estimate of drug-likeness (QED) is 0.852. The summed E-state index contributed by atoms with van der Waals surface area (Å²) < 4.78 is 18.7. The van der Waals surface area contributed by atoms with Gasteiger partial charge >= 0.3 is 0 Å². The zero-order valence-electron chi connectivity index (χ0n) is 10.4. The lowest BCUT2D eigenvalue weighted by Crippen LogP contribution is -2.52. The monoisotopic (exact) mass is 252 g/mol. The third-order valence-corrected chi connectivity index (χ3v) is 3.18. The van der Waals surface area contributed by atoms with Crippen molar-refractivity contribution in [3.63, 3.8) is 0 Å². The molecular formula is C13H17FN2O2. The summed E-state index contributed by atoms with van der Waals surface area (Å²) in [7, 11) is 0. The van der Waals surface area contributed by atoms with Crippen LogP contribution in [0.2, 0.25) is 0 Å². The van der Waals surface area contributed by atoms with Gasteiger partial charge in [-0.3, -0.25) is 4.79 Å². The van der Waals surface area contributed by atoms with Crippen LogP contribution in [0.4, 0.5) is 4.39 Å². The van der Waals surface area contributed by atoms with Crippen molar-refractivity contribution in [3.8, 4) is 0 Å². The minimum absolute atomic E-state index is 0.129. The number of ether oxygens (including phenoxy) is 1. The molecule has 1 aliphatic heterocycles. The van der Waals surface area contributed by atoms with Gasteiger partial charge in [0.15, 0.2) is 0 Å². The van der Waals surface area contributed by atoms with E-state index >= 15 is 0 Å². The van der Waals surface area contributed by atoms with E-state index in [1.54, 1.807) is 24.0 Å². The Balaban J connectivity index is 2.21. The number of carbonyl (C=O) groups is 1. The first-order valence-electron chi connectivity index (χ1n) is 5.98. The number of amides is 1. The summed E-state index contributed by atoms with van der Waals surface area (Å²) >= 11 is 0. The van der Waals surface area contributed by atoms with Gasteiger partial charge in [0.05, 0.1) is 19.3 Å². The van der Waals surface area contributed by atoms with Crippen molar-refractivity contribution in [1.82, 2.24) is 4.90 Å². The van der Waals surface area contributed by atoms with E-state index in [0.717, 1.165) is 0 Å². The smallest absolute Gasteiger partial charge is 0.254 e. The highest BCUT2D eigenvalue weighted by atomic mass is 19.1. The summed E-state index contributed by atoms with van der Waals surface area (Å²) in [6.07, 6.45) is 0. The molecule has 1 aliphatic rings. The van der Waals surface area contributed by atoms with E-state index < -0.39 is 0 Å². The molecule has 18 heavy (non-hydrogen) atoms. The van der Waals surface area contributed by atoms with E-state index in [1.165, 1.54) is 6.07 Å². The second kappa shape index (κ2) is 5.46. The fraction of sp³-hybridized carbons (Fsp3) is 0.462. The van der Waals surface area contributed by atoms with Crippen LogP contribution in [-0.4, -0.2) is 43.2 Å². The maximum Gasteiger partial charge on any atom is 0.254 e. The van der Waals surface area contributed by atoms with E-state index in [-0.39, 0.29) is 17.8 Å². The predicted molar refractivity (Wildman–Crippen MR) is 65.8 cm³/mol. The second-order valence-corrected chi connectivity index (χ2v) is 4.43. The van der Waals surface area contributed by atoms with Gasteiger partial charge in [-0.2, -0.15) is 0 Å². The third kappa shape index (κ3) is 2.52. The van der Waals surface area contributed by atoms with Crippen LogP contribution in [0.3, 0.4) is 0 Å². The Morgan fingerprint density at radius 2 is 2.39 bits per heavy atom. The summed E-state index contributed by atoms with van der Waals surface area (Å²) in [5.41, 5.74) is 6.51. The molecule has 2 N–H and O–H groups in total. The van der Waals surface area contributed by atoms with Gasteiger partial charge in [0.2, 0.25) is 0 Å². The van der Waals surface area contributed by atoms with E-state index in [4.69, 9.17) is 10.5 Å². The molecule has 0 bridgehead atoms. The fourth-order valence-corrected chi connectivity index (χ4v) is 2.01. The van der Waals surface area contributed by atoms with Crippen molar-refractivity contribution in [3.05, 3.63) is 35.1 Å². The first-order valence-corrected chi connectivity index (χ1v) is 5.98. The molecule has 0 spiro atoms. The van der Waals surface area contributed by atoms with Crippen LogP contribution in [0.25, 0.3) is 0 Å². The molecule has 1 atom stereocenters. The number of halogens is 1. The number of benzene rings is 1. The molecule has 1 aromatic rings. The number of morpholine rings is 1. The zero-order chi connectivity index (χ0) is 13.1. The Bertz CT molecular complexity index is 451. The van der Waals surface area contributed by atoms with Crippen molar-refractivity contribution in [1.29, 1.82) is 0 Å². The van der Waals surface area contributed by atoms with Gasteiger partial charge in [-0.15, -0.1) is 0 Å². The summed E-state index contributed by atoms with van der Waals surface area (Å²) in [5, 5.41) is 0. The third-order valence-electron chi connectivity index (χ3n) is 3.18. The van der Waals surface area contributed by atoms with Crippen molar-refractivity contribution in [2.24, 2.45) is 5.73 Å². The Hall–Kier alpha value is -1.46. The SMILES string of the molecule is Cc1ccc(C(=O)N2CCOCC2CN)cc1F. The molecule has 2 rings (SSSR count). The van der Waals surface area contributed by atoms with Crippen molar-refractivity contribution >= 4 is 5.91 Å². The molecular weight excluding hydrogens is 235 g/mol. The van der Waals surface area contributed by atoms with Gasteiger partial charge in [-0.05, 0) is 24.6 Å². The highest BCUT2D eigenvalue weighted by Crippen LogP contribution is 2.15. The van der Waals surface area contributed by atoms with Crippen LogP contribution >= 0.6 is 0 Å². The lowest BCUT2D eigenvalue weighted by molar-refractivity contribution is 0.000818. The molecule has 0 aromatic heterocycles. The maximum absolute atomic E-state index is 13.5. The van der Waals surface area contributed by atoms with Gasteiger partial charge in [-0.1, -0.05) is 6.07 Å². The molecule has 4 nitrogen and oxygen atoms in total. The lowest BCUT2D eigenvalue weighted by Gasteiger charge is -2.35. The Morgan fingerprint density at radius 3 is 3.06 bits per heavy atom. The zero-order valence-corrected chi connectivity index (χ0v) is 10.4. The van der Waals surface area contributed by atoms with Gasteiger partial charge in [0.25, 0.3) is 5.91 Å². The first kappa shape index (κ1) is 13.0. The summed E-state index contributed by atoms with van der Waals surface area (Å²) in [4.78, 5) is 13.9. The summed E-state index contributed by atoms with van der Waals surface area (Å²) in [6, 6.07) is 4.40. The van der Waals surface area contributed by atoms with Gasteiger partial charge in [0, 0.05) is 18.7 Å². The van der Waals surface area contributed by atoms with Crippen LogP contribution in [-0.2, 0) is 4.74 Å². The number of carbonyl (C=O) groups excluding carboxylic acids is 1. The molecule has 1 fully saturated rings. The minimum Gasteiger partial charge on any atom is -0.377 e. The Kier molecular flexibility index (Phi) is 3.93. The summed E-state index contributed by atoms with van der Waals surface area (Å²) in [6.45, 7) is 3.45. The summed E-state index contributed by atoms with van der Waals surface area (Å²) in [5.74, 6) is -0.550. The average molecular weight is 252 g/mol. The maximum atomic E-state index is 13.5. The number of rotatable bonds is 2. The Morgan fingerprint density at radius 1 is 1.61 bits per heavy atom. The van der Waals surface area contributed by atoms with E-state index in [9.17, 15) is 9.18 Å². The van der Waals surface area contributed by atoms with Crippen LogP contribution in [0.5, 0.6) is 0 Å². The first-order chi connectivity index (χ1) is 8.63. The molecule has 0 radical (unpaired) electrons. The number of hydrogen-bond donors (Lipinski definition) is 1. The van der Waals surface area contributed by atoms with E-state index in [1.807, 2.05) is 0 Å². The number of nitrogens with zero attached hydrogens (tertiary/aromatic N) is 1. The van der Waals surface area contributed by atoms with Crippen molar-refractivity contribution < 1.29 is 13.9 Å². The predicted octanol–water partition coefficient (Wildman–Crippen LogP) is 0.934. The largest absolute Gasteiger partial charge is 0.377 e. The number of hydrogen-bond acceptors (Lipinski definition) is 3. The minimum atomic E-state index is -0.363. The molecule has 1 heterocycles. The van der Waals surface area contributed by atoms with Crippen molar-refractivity contribution in [2.75, 3.05) is 26.3 Å². The van der Waals surface area contributed by atoms with E-state index in [2.05, 4.69) is 0 Å². The molecule has 1 saturated heterocycles. The molecule has 1 unspecified atom stereocenters. The van der Waals surface area contributed by atoms with Gasteiger partial charge < -0.3 is 15.4 Å².